The Balaban J connectivity index is 0.000000294. The van der Waals surface area contributed by atoms with Crippen LogP contribution in [-0.4, -0.2) is 6.79 Å². The van der Waals surface area contributed by atoms with Crippen LogP contribution in [0, 0.1) is 0 Å². The van der Waals surface area contributed by atoms with Crippen LogP contribution in [0.25, 0.3) is 0 Å². The molecule has 0 fully saturated rings. The maximum Gasteiger partial charge on any atom is 0.230 e. The van der Waals surface area contributed by atoms with Crippen molar-refractivity contribution < 1.29 is 23.7 Å². The van der Waals surface area contributed by atoms with Crippen LogP contribution in [0.15, 0.2) is 194 Å². The number of hydrogen-bond donors (Lipinski definition) is 8. The highest BCUT2D eigenvalue weighted by molar-refractivity contribution is 5.50. The molecule has 8 aromatic rings. The van der Waals surface area contributed by atoms with Gasteiger partial charge in [-0.3, -0.25) is 0 Å². The van der Waals surface area contributed by atoms with E-state index >= 15 is 0 Å². The highest BCUT2D eigenvalue weighted by atomic mass is 16.7. The van der Waals surface area contributed by atoms with Crippen molar-refractivity contribution in [2.24, 2.45) is 0 Å². The van der Waals surface area contributed by atoms with Crippen LogP contribution in [0.4, 0.5) is 45.5 Å². The van der Waals surface area contributed by atoms with Gasteiger partial charge in [0.25, 0.3) is 0 Å². The van der Waals surface area contributed by atoms with Crippen LogP contribution >= 0.6 is 0 Å². The molecule has 0 aliphatic heterocycles. The maximum absolute atomic E-state index is 5.64. The minimum Gasteiger partial charge on any atom is -0.458 e. The summed E-state index contributed by atoms with van der Waals surface area (Å²) in [6, 6.07) is 57.8. The largest absolute Gasteiger partial charge is 0.458 e. The SMILES string of the molecule is C.C.C.Nc1ccc(OCOc2ccc(N)cc2)cc1.Nc1ccc(Oc2ccc(N)cc2)cc1.Nc1ccc(Oc2cccc(N)c2)cc1.Nc1cccc(Oc2cccc(N)c2)c1. The lowest BCUT2D eigenvalue weighted by Crippen LogP contribution is -2.05. The van der Waals surface area contributed by atoms with Gasteiger partial charge < -0.3 is 69.6 Å². The third kappa shape index (κ3) is 19.6. The molecule has 340 valence electrons. The van der Waals surface area contributed by atoms with Crippen LogP contribution in [0.3, 0.4) is 0 Å². The van der Waals surface area contributed by atoms with Gasteiger partial charge in [0.05, 0.1) is 0 Å². The second-order valence-corrected chi connectivity index (χ2v) is 13.3. The molecule has 0 bridgehead atoms. The molecule has 0 unspecified atom stereocenters. The maximum atomic E-state index is 5.64. The first-order valence-electron chi connectivity index (χ1n) is 19.1. The Bertz CT molecular complexity index is 2410. The Morgan fingerprint density at radius 3 is 0.692 bits per heavy atom. The summed E-state index contributed by atoms with van der Waals surface area (Å²) in [7, 11) is 0. The first kappa shape index (κ1) is 52.3. The molecule has 13 heteroatoms. The van der Waals surface area contributed by atoms with Crippen LogP contribution in [0.1, 0.15) is 22.3 Å². The van der Waals surface area contributed by atoms with Crippen molar-refractivity contribution in [1.29, 1.82) is 0 Å². The van der Waals surface area contributed by atoms with Crippen molar-refractivity contribution in [1.82, 2.24) is 0 Å². The van der Waals surface area contributed by atoms with Crippen LogP contribution in [0.2, 0.25) is 0 Å². The quantitative estimate of drug-likeness (QED) is 0.0470. The fraction of sp³-hybridized carbons (Fsp3) is 0.0769. The second kappa shape index (κ2) is 27.2. The van der Waals surface area contributed by atoms with Crippen molar-refractivity contribution in [3.63, 3.8) is 0 Å². The Kier molecular flexibility index (Phi) is 21.9. The Morgan fingerprint density at radius 2 is 0.446 bits per heavy atom. The van der Waals surface area contributed by atoms with Crippen molar-refractivity contribution in [2.75, 3.05) is 52.7 Å². The van der Waals surface area contributed by atoms with Crippen molar-refractivity contribution in [2.45, 2.75) is 22.3 Å². The van der Waals surface area contributed by atoms with E-state index < -0.39 is 0 Å². The predicted octanol–water partition coefficient (Wildman–Crippen LogP) is 12.1. The van der Waals surface area contributed by atoms with E-state index in [1.165, 1.54) is 0 Å². The molecule has 0 aliphatic rings. The van der Waals surface area contributed by atoms with Crippen molar-refractivity contribution in [3.8, 4) is 46.0 Å². The van der Waals surface area contributed by atoms with Crippen molar-refractivity contribution >= 4 is 45.5 Å². The van der Waals surface area contributed by atoms with Gasteiger partial charge in [0.2, 0.25) is 6.79 Å². The highest BCUT2D eigenvalue weighted by Gasteiger charge is 2.00. The molecule has 0 radical (unpaired) electrons. The van der Waals surface area contributed by atoms with E-state index in [2.05, 4.69) is 0 Å². The molecule has 0 saturated carbocycles. The molecule has 0 aromatic heterocycles. The minimum atomic E-state index is 0. The molecule has 13 nitrogen and oxygen atoms in total. The van der Waals surface area contributed by atoms with E-state index in [1.54, 1.807) is 103 Å². The summed E-state index contributed by atoms with van der Waals surface area (Å²) in [4.78, 5) is 0. The normalized spacial score (nSPS) is 9.42. The van der Waals surface area contributed by atoms with Gasteiger partial charge in [-0.05, 0) is 158 Å². The number of anilines is 8. The Morgan fingerprint density at radius 1 is 0.231 bits per heavy atom. The number of hydrogen-bond acceptors (Lipinski definition) is 13. The molecule has 8 aromatic carbocycles. The summed E-state index contributed by atoms with van der Waals surface area (Å²) >= 11 is 0. The van der Waals surface area contributed by atoms with Crippen LogP contribution in [-0.2, 0) is 0 Å². The van der Waals surface area contributed by atoms with Gasteiger partial charge in [-0.1, -0.05) is 40.5 Å². The highest BCUT2D eigenvalue weighted by Crippen LogP contribution is 2.26. The topological polar surface area (TPSA) is 254 Å². The molecule has 0 aliphatic carbocycles. The number of ether oxygens (including phenoxy) is 5. The first-order valence-corrected chi connectivity index (χ1v) is 19.1. The van der Waals surface area contributed by atoms with Gasteiger partial charge in [-0.15, -0.1) is 0 Å². The summed E-state index contributed by atoms with van der Waals surface area (Å²) < 4.78 is 27.5. The van der Waals surface area contributed by atoms with Gasteiger partial charge >= 0.3 is 0 Å². The molecule has 8 rings (SSSR count). The molecule has 0 spiro atoms. The van der Waals surface area contributed by atoms with Crippen molar-refractivity contribution in [3.05, 3.63) is 194 Å². The zero-order chi connectivity index (χ0) is 44.1. The standard InChI is InChI=1S/C13H14N2O2.3C12H12N2O.3CH4/c14-10-1-5-12(6-2-10)16-9-17-13-7-3-11(15)4-8-13;13-9-1-5-11(6-2-9)15-12-7-3-10(14)4-8-12;13-9-3-1-5-11(7-9)15-12-6-2-4-10(14)8-12;13-9-4-6-11(7-5-9)15-12-3-1-2-10(14)8-12;;;/h1-8H,9,14-15H2;3*1-8H,13-14H2;3*1H4. The fourth-order valence-electron chi connectivity index (χ4n) is 5.04. The fourth-order valence-corrected chi connectivity index (χ4v) is 5.04. The smallest absolute Gasteiger partial charge is 0.230 e. The van der Waals surface area contributed by atoms with Gasteiger partial charge in [-0.2, -0.15) is 0 Å². The summed E-state index contributed by atoms with van der Waals surface area (Å²) in [5, 5.41) is 0. The third-order valence-corrected chi connectivity index (χ3v) is 8.13. The molecule has 65 heavy (non-hydrogen) atoms. The lowest BCUT2D eigenvalue weighted by Gasteiger charge is -2.08. The summed E-state index contributed by atoms with van der Waals surface area (Å²) in [6.07, 6.45) is 0. The van der Waals surface area contributed by atoms with Gasteiger partial charge in [0, 0.05) is 63.7 Å². The zero-order valence-corrected chi connectivity index (χ0v) is 33.8. The van der Waals surface area contributed by atoms with E-state index in [0.29, 0.717) is 39.9 Å². The van der Waals surface area contributed by atoms with Gasteiger partial charge in [0.1, 0.15) is 46.0 Å². The number of nitrogen functional groups attached to an aromatic ring is 8. The van der Waals surface area contributed by atoms with E-state index in [0.717, 1.165) is 51.6 Å². The van der Waals surface area contributed by atoms with E-state index in [1.807, 2.05) is 91.0 Å². The molecule has 16 N–H and O–H groups in total. The van der Waals surface area contributed by atoms with Crippen LogP contribution < -0.4 is 69.6 Å². The molecule has 0 atom stereocenters. The monoisotopic (exact) mass is 878 g/mol. The Hall–Kier alpha value is -8.84. The number of rotatable bonds is 10. The Labute approximate surface area is 383 Å². The third-order valence-electron chi connectivity index (χ3n) is 8.13. The summed E-state index contributed by atoms with van der Waals surface area (Å²) in [5.41, 5.74) is 50.3. The molecular formula is C52H62N8O5. The van der Waals surface area contributed by atoms with E-state index in [-0.39, 0.29) is 29.1 Å². The average Bonchev–Trinajstić information content (AvgIpc) is 3.26. The number of benzene rings is 8. The van der Waals surface area contributed by atoms with E-state index in [4.69, 9.17) is 69.6 Å². The predicted molar refractivity (Wildman–Crippen MR) is 273 cm³/mol. The molecular weight excluding hydrogens is 817 g/mol. The lowest BCUT2D eigenvalue weighted by molar-refractivity contribution is 0.120. The second-order valence-electron chi connectivity index (χ2n) is 13.3. The average molecular weight is 879 g/mol. The van der Waals surface area contributed by atoms with Gasteiger partial charge in [0.15, 0.2) is 0 Å². The summed E-state index contributed by atoms with van der Waals surface area (Å²) in [6.45, 7) is 0.147. The molecule has 0 heterocycles. The van der Waals surface area contributed by atoms with E-state index in [9.17, 15) is 0 Å². The number of nitrogens with two attached hydrogens (primary N) is 8. The molecule has 0 amide bonds. The van der Waals surface area contributed by atoms with Crippen LogP contribution in [0.5, 0.6) is 46.0 Å². The minimum absolute atomic E-state index is 0. The molecule has 0 saturated heterocycles. The lowest BCUT2D eigenvalue weighted by atomic mass is 10.3. The summed E-state index contributed by atoms with van der Waals surface area (Å²) in [5.74, 6) is 5.84. The zero-order valence-electron chi connectivity index (χ0n) is 33.8. The first-order chi connectivity index (χ1) is 29.9. The van der Waals surface area contributed by atoms with Gasteiger partial charge in [-0.25, -0.2) is 0 Å².